The summed E-state index contributed by atoms with van der Waals surface area (Å²) in [5.74, 6) is 0. The molecule has 0 bridgehead atoms. The van der Waals surface area contributed by atoms with Crippen molar-refractivity contribution in [1.29, 1.82) is 5.26 Å². The molecule has 1 aromatic carbocycles. The minimum atomic E-state index is 0.360. The first-order valence-electron chi connectivity index (χ1n) is 4.36. The molecule has 2 aromatic rings. The maximum Gasteiger partial charge on any atom is 0.0670 e. The van der Waals surface area contributed by atoms with Crippen LogP contribution in [0.25, 0.3) is 10.9 Å². The summed E-state index contributed by atoms with van der Waals surface area (Å²) in [4.78, 5) is 3.20. The summed E-state index contributed by atoms with van der Waals surface area (Å²) in [6.07, 6.45) is 0.360. The second-order valence-corrected chi connectivity index (χ2v) is 3.67. The van der Waals surface area contributed by atoms with Gasteiger partial charge >= 0.3 is 0 Å². The van der Waals surface area contributed by atoms with Crippen LogP contribution in [0.3, 0.4) is 0 Å². The van der Waals surface area contributed by atoms with Gasteiger partial charge in [-0.15, -0.1) is 0 Å². The fourth-order valence-electron chi connectivity index (χ4n) is 1.57. The molecule has 0 saturated heterocycles. The Hall–Kier alpha value is -1.46. The Labute approximate surface area is 87.1 Å². The Balaban J connectivity index is 2.69. The minimum absolute atomic E-state index is 0.360. The third kappa shape index (κ3) is 1.36. The number of rotatable bonds is 1. The monoisotopic (exact) mass is 204 g/mol. The van der Waals surface area contributed by atoms with Gasteiger partial charge in [0.25, 0.3) is 0 Å². The van der Waals surface area contributed by atoms with Gasteiger partial charge in [0.05, 0.1) is 17.5 Å². The van der Waals surface area contributed by atoms with Gasteiger partial charge in [-0.2, -0.15) is 5.26 Å². The molecule has 1 N–H and O–H groups in total. The molecule has 0 saturated carbocycles. The fraction of sp³-hybridized carbons (Fsp3) is 0.182. The predicted octanol–water partition coefficient (Wildman–Crippen LogP) is 3.20. The standard InChI is InChI=1S/C11H9ClN2/c1-7-6-9-10(14-7)3-2-8(4-5-13)11(9)12/h2-3,6,14H,4H2,1H3. The van der Waals surface area contributed by atoms with Crippen LogP contribution in [-0.4, -0.2) is 4.98 Å². The molecule has 70 valence electrons. The maximum absolute atomic E-state index is 8.60. The lowest BCUT2D eigenvalue weighted by Gasteiger charge is -1.99. The Kier molecular flexibility index (Phi) is 2.18. The van der Waals surface area contributed by atoms with Crippen LogP contribution in [0, 0.1) is 18.3 Å². The van der Waals surface area contributed by atoms with Gasteiger partial charge in [-0.25, -0.2) is 0 Å². The SMILES string of the molecule is Cc1cc2c(Cl)c(CC#N)ccc2[nH]1. The molecule has 0 spiro atoms. The molecule has 0 aliphatic carbocycles. The first-order chi connectivity index (χ1) is 6.72. The Morgan fingerprint density at radius 2 is 2.29 bits per heavy atom. The van der Waals surface area contributed by atoms with E-state index in [-0.39, 0.29) is 0 Å². The van der Waals surface area contributed by atoms with Crippen molar-refractivity contribution in [1.82, 2.24) is 4.98 Å². The van der Waals surface area contributed by atoms with E-state index < -0.39 is 0 Å². The highest BCUT2D eigenvalue weighted by atomic mass is 35.5. The zero-order chi connectivity index (χ0) is 10.1. The van der Waals surface area contributed by atoms with Gasteiger partial charge in [-0.1, -0.05) is 17.7 Å². The molecule has 0 aliphatic heterocycles. The lowest BCUT2D eigenvalue weighted by Crippen LogP contribution is -1.83. The Morgan fingerprint density at radius 1 is 1.50 bits per heavy atom. The van der Waals surface area contributed by atoms with Gasteiger partial charge in [0.2, 0.25) is 0 Å². The molecule has 2 rings (SSSR count). The molecule has 1 heterocycles. The van der Waals surface area contributed by atoms with Crippen molar-refractivity contribution in [2.75, 3.05) is 0 Å². The van der Waals surface area contributed by atoms with E-state index in [2.05, 4.69) is 11.1 Å². The van der Waals surface area contributed by atoms with Crippen molar-refractivity contribution in [2.24, 2.45) is 0 Å². The molecule has 0 amide bonds. The molecule has 0 aliphatic rings. The van der Waals surface area contributed by atoms with E-state index in [1.807, 2.05) is 25.1 Å². The fourth-order valence-corrected chi connectivity index (χ4v) is 1.86. The molecule has 2 nitrogen and oxygen atoms in total. The number of aromatic amines is 1. The van der Waals surface area contributed by atoms with E-state index >= 15 is 0 Å². The molecule has 3 heteroatoms. The van der Waals surface area contributed by atoms with Crippen LogP contribution in [-0.2, 0) is 6.42 Å². The number of hydrogen-bond donors (Lipinski definition) is 1. The largest absolute Gasteiger partial charge is 0.359 e. The summed E-state index contributed by atoms with van der Waals surface area (Å²) in [6, 6.07) is 7.95. The molecule has 0 fully saturated rings. The van der Waals surface area contributed by atoms with E-state index in [0.29, 0.717) is 11.4 Å². The third-order valence-corrected chi connectivity index (χ3v) is 2.67. The zero-order valence-corrected chi connectivity index (χ0v) is 8.52. The first-order valence-corrected chi connectivity index (χ1v) is 4.74. The molecule has 0 unspecified atom stereocenters. The second kappa shape index (κ2) is 3.36. The molecule has 1 aromatic heterocycles. The van der Waals surface area contributed by atoms with Crippen molar-refractivity contribution >= 4 is 22.5 Å². The van der Waals surface area contributed by atoms with Crippen LogP contribution in [0.2, 0.25) is 5.02 Å². The average Bonchev–Trinajstić information content (AvgIpc) is 2.52. The van der Waals surface area contributed by atoms with Gasteiger partial charge < -0.3 is 4.98 Å². The minimum Gasteiger partial charge on any atom is -0.359 e. The maximum atomic E-state index is 8.60. The zero-order valence-electron chi connectivity index (χ0n) is 7.76. The van der Waals surface area contributed by atoms with Crippen LogP contribution in [0.15, 0.2) is 18.2 Å². The van der Waals surface area contributed by atoms with Crippen LogP contribution in [0.4, 0.5) is 0 Å². The summed E-state index contributed by atoms with van der Waals surface area (Å²) in [5.41, 5.74) is 2.99. The van der Waals surface area contributed by atoms with Crippen molar-refractivity contribution < 1.29 is 0 Å². The van der Waals surface area contributed by atoms with Crippen molar-refractivity contribution in [3.05, 3.63) is 34.5 Å². The summed E-state index contributed by atoms with van der Waals surface area (Å²) in [5, 5.41) is 10.3. The number of halogens is 1. The summed E-state index contributed by atoms with van der Waals surface area (Å²) in [6.45, 7) is 1.99. The third-order valence-electron chi connectivity index (χ3n) is 2.22. The van der Waals surface area contributed by atoms with E-state index in [0.717, 1.165) is 22.2 Å². The van der Waals surface area contributed by atoms with E-state index in [1.165, 1.54) is 0 Å². The molecular formula is C11H9ClN2. The smallest absolute Gasteiger partial charge is 0.0670 e. The number of H-pyrrole nitrogens is 1. The highest BCUT2D eigenvalue weighted by Gasteiger charge is 2.06. The van der Waals surface area contributed by atoms with Crippen LogP contribution >= 0.6 is 11.6 Å². The van der Waals surface area contributed by atoms with Crippen molar-refractivity contribution in [3.63, 3.8) is 0 Å². The van der Waals surface area contributed by atoms with E-state index in [9.17, 15) is 0 Å². The summed E-state index contributed by atoms with van der Waals surface area (Å²) < 4.78 is 0. The number of nitriles is 1. The van der Waals surface area contributed by atoms with Crippen molar-refractivity contribution in [2.45, 2.75) is 13.3 Å². The van der Waals surface area contributed by atoms with E-state index in [4.69, 9.17) is 16.9 Å². The number of aromatic nitrogens is 1. The van der Waals surface area contributed by atoms with Gasteiger partial charge in [0.1, 0.15) is 0 Å². The average molecular weight is 205 g/mol. The van der Waals surface area contributed by atoms with Crippen LogP contribution < -0.4 is 0 Å². The van der Waals surface area contributed by atoms with Gasteiger partial charge in [-0.3, -0.25) is 0 Å². The molecule has 0 radical (unpaired) electrons. The molecular weight excluding hydrogens is 196 g/mol. The highest BCUT2D eigenvalue weighted by molar-refractivity contribution is 6.36. The number of nitrogens with zero attached hydrogens (tertiary/aromatic N) is 1. The quantitative estimate of drug-likeness (QED) is 0.762. The normalized spacial score (nSPS) is 10.4. The topological polar surface area (TPSA) is 39.6 Å². The van der Waals surface area contributed by atoms with Gasteiger partial charge in [0, 0.05) is 16.6 Å². The van der Waals surface area contributed by atoms with Crippen LogP contribution in [0.1, 0.15) is 11.3 Å². The van der Waals surface area contributed by atoms with Crippen molar-refractivity contribution in [3.8, 4) is 6.07 Å². The number of fused-ring (bicyclic) bond motifs is 1. The Morgan fingerprint density at radius 3 is 3.00 bits per heavy atom. The lowest BCUT2D eigenvalue weighted by molar-refractivity contribution is 1.27. The van der Waals surface area contributed by atoms with Gasteiger partial charge in [-0.05, 0) is 24.6 Å². The number of aryl methyl sites for hydroxylation is 1. The van der Waals surface area contributed by atoms with Crippen LogP contribution in [0.5, 0.6) is 0 Å². The number of benzene rings is 1. The first kappa shape index (κ1) is 9.11. The number of nitrogens with one attached hydrogen (secondary N) is 1. The number of hydrogen-bond acceptors (Lipinski definition) is 1. The predicted molar refractivity (Wildman–Crippen MR) is 57.4 cm³/mol. The lowest BCUT2D eigenvalue weighted by atomic mass is 10.1. The molecule has 14 heavy (non-hydrogen) atoms. The summed E-state index contributed by atoms with van der Waals surface area (Å²) in [7, 11) is 0. The molecule has 0 atom stereocenters. The highest BCUT2D eigenvalue weighted by Crippen LogP contribution is 2.27. The second-order valence-electron chi connectivity index (χ2n) is 3.29. The van der Waals surface area contributed by atoms with Gasteiger partial charge in [0.15, 0.2) is 0 Å². The summed E-state index contributed by atoms with van der Waals surface area (Å²) >= 11 is 6.16. The van der Waals surface area contributed by atoms with E-state index in [1.54, 1.807) is 0 Å². The Bertz CT molecular complexity index is 520.